The molecule has 1 saturated heterocycles. The Labute approximate surface area is 153 Å². The highest BCUT2D eigenvalue weighted by Crippen LogP contribution is 2.35. The molecule has 0 spiro atoms. The Hall–Kier alpha value is -1.08. The van der Waals surface area contributed by atoms with Crippen LogP contribution in [-0.4, -0.2) is 33.7 Å². The normalized spacial score (nSPS) is 17.7. The van der Waals surface area contributed by atoms with Crippen molar-refractivity contribution in [2.45, 2.75) is 19.9 Å². The van der Waals surface area contributed by atoms with Gasteiger partial charge in [0.25, 0.3) is 5.91 Å². The molecule has 1 aromatic carbocycles. The van der Waals surface area contributed by atoms with Gasteiger partial charge in [-0.2, -0.15) is 0 Å². The van der Waals surface area contributed by atoms with Crippen molar-refractivity contribution in [1.29, 1.82) is 0 Å². The van der Waals surface area contributed by atoms with Gasteiger partial charge in [-0.15, -0.1) is 0 Å². The van der Waals surface area contributed by atoms with Crippen LogP contribution < -0.4 is 0 Å². The summed E-state index contributed by atoms with van der Waals surface area (Å²) in [5.41, 5.74) is 0.653. The van der Waals surface area contributed by atoms with Crippen LogP contribution in [0.1, 0.15) is 19.4 Å². The minimum Gasteiger partial charge on any atom is -0.464 e. The van der Waals surface area contributed by atoms with Gasteiger partial charge in [-0.25, -0.2) is 4.79 Å². The van der Waals surface area contributed by atoms with Crippen LogP contribution in [0.3, 0.4) is 0 Å². The number of hydrogen-bond donors (Lipinski definition) is 0. The molecule has 1 aliphatic rings. The quantitative estimate of drug-likeness (QED) is 0.439. The molecular formula is C15H13Cl2NO3S2. The summed E-state index contributed by atoms with van der Waals surface area (Å²) in [6, 6.07) is 4.22. The summed E-state index contributed by atoms with van der Waals surface area (Å²) in [6.07, 6.45) is 1.63. The number of carbonyl (C=O) groups excluding carboxylic acids is 2. The maximum absolute atomic E-state index is 12.5. The zero-order chi connectivity index (χ0) is 17.1. The zero-order valence-electron chi connectivity index (χ0n) is 12.3. The molecule has 2 rings (SSSR count). The van der Waals surface area contributed by atoms with Gasteiger partial charge in [-0.3, -0.25) is 9.69 Å². The third-order valence-electron chi connectivity index (χ3n) is 3.09. The molecule has 1 aromatic rings. The Balaban J connectivity index is 2.27. The lowest BCUT2D eigenvalue weighted by Crippen LogP contribution is -2.42. The molecule has 1 atom stereocenters. The molecule has 0 saturated carbocycles. The number of thioether (sulfide) groups is 1. The SMILES string of the molecule is CCOC(=O)C(C)N1C(=O)/C(=C/c2ccc(Cl)cc2Cl)SC1=S. The van der Waals surface area contributed by atoms with Crippen LogP contribution in [0.5, 0.6) is 0 Å². The first-order valence-corrected chi connectivity index (χ1v) is 8.72. The minimum absolute atomic E-state index is 0.244. The van der Waals surface area contributed by atoms with E-state index in [1.807, 2.05) is 0 Å². The molecule has 1 heterocycles. The van der Waals surface area contributed by atoms with Crippen LogP contribution in [0.25, 0.3) is 6.08 Å². The second-order valence-corrected chi connectivity index (χ2v) is 7.16. The molecule has 0 aromatic heterocycles. The molecule has 23 heavy (non-hydrogen) atoms. The van der Waals surface area contributed by atoms with Crippen LogP contribution in [0, 0.1) is 0 Å². The van der Waals surface area contributed by atoms with Crippen LogP contribution >= 0.6 is 47.2 Å². The van der Waals surface area contributed by atoms with Crippen molar-refractivity contribution < 1.29 is 14.3 Å². The van der Waals surface area contributed by atoms with Gasteiger partial charge in [-0.05, 0) is 37.6 Å². The monoisotopic (exact) mass is 389 g/mol. The number of ether oxygens (including phenoxy) is 1. The Morgan fingerprint density at radius 2 is 2.17 bits per heavy atom. The number of thiocarbonyl (C=S) groups is 1. The molecule has 0 N–H and O–H groups in total. The van der Waals surface area contributed by atoms with Crippen molar-refractivity contribution in [3.05, 3.63) is 38.7 Å². The van der Waals surface area contributed by atoms with Gasteiger partial charge in [-0.1, -0.05) is 53.2 Å². The number of nitrogens with zero attached hydrogens (tertiary/aromatic N) is 1. The van der Waals surface area contributed by atoms with Gasteiger partial charge in [0, 0.05) is 10.0 Å². The molecule has 8 heteroatoms. The highest BCUT2D eigenvalue weighted by atomic mass is 35.5. The van der Waals surface area contributed by atoms with E-state index in [2.05, 4.69) is 0 Å². The van der Waals surface area contributed by atoms with E-state index in [-0.39, 0.29) is 12.5 Å². The molecule has 0 aliphatic carbocycles. The van der Waals surface area contributed by atoms with E-state index in [0.29, 0.717) is 24.8 Å². The van der Waals surface area contributed by atoms with E-state index in [1.165, 1.54) is 4.90 Å². The zero-order valence-corrected chi connectivity index (χ0v) is 15.5. The molecule has 0 bridgehead atoms. The summed E-state index contributed by atoms with van der Waals surface area (Å²) in [5.74, 6) is -0.832. The summed E-state index contributed by atoms with van der Waals surface area (Å²) in [6.45, 7) is 3.53. The van der Waals surface area contributed by atoms with Gasteiger partial charge >= 0.3 is 5.97 Å². The first-order chi connectivity index (χ1) is 10.8. The molecule has 1 aliphatic heterocycles. The molecular weight excluding hydrogens is 377 g/mol. The van der Waals surface area contributed by atoms with Crippen molar-refractivity contribution in [2.24, 2.45) is 0 Å². The fourth-order valence-corrected chi connectivity index (χ4v) is 3.81. The van der Waals surface area contributed by atoms with Gasteiger partial charge in [0.15, 0.2) is 0 Å². The predicted molar refractivity (Wildman–Crippen MR) is 97.6 cm³/mol. The summed E-state index contributed by atoms with van der Waals surface area (Å²) < 4.78 is 5.25. The maximum Gasteiger partial charge on any atom is 0.329 e. The summed E-state index contributed by atoms with van der Waals surface area (Å²) in [5, 5.41) is 0.942. The number of hydrogen-bond acceptors (Lipinski definition) is 5. The standard InChI is InChI=1S/C15H13Cl2NO3S2/c1-3-21-14(20)8(2)18-13(19)12(23-15(18)22)6-9-4-5-10(16)7-11(9)17/h4-8H,3H2,1-2H3/b12-6-. The van der Waals surface area contributed by atoms with Gasteiger partial charge in [0.1, 0.15) is 10.4 Å². The average Bonchev–Trinajstić information content (AvgIpc) is 2.76. The van der Waals surface area contributed by atoms with Crippen molar-refractivity contribution in [3.63, 3.8) is 0 Å². The van der Waals surface area contributed by atoms with E-state index in [4.69, 9.17) is 40.2 Å². The van der Waals surface area contributed by atoms with E-state index in [1.54, 1.807) is 38.1 Å². The number of esters is 1. The van der Waals surface area contributed by atoms with E-state index in [0.717, 1.165) is 11.8 Å². The Morgan fingerprint density at radius 3 is 2.78 bits per heavy atom. The minimum atomic E-state index is -0.769. The highest BCUT2D eigenvalue weighted by Gasteiger charge is 2.38. The Kier molecular flexibility index (Phi) is 6.08. The van der Waals surface area contributed by atoms with E-state index < -0.39 is 12.0 Å². The van der Waals surface area contributed by atoms with E-state index >= 15 is 0 Å². The first-order valence-electron chi connectivity index (χ1n) is 6.74. The van der Waals surface area contributed by atoms with Crippen LogP contribution in [-0.2, 0) is 14.3 Å². The lowest BCUT2D eigenvalue weighted by molar-refractivity contribution is -0.149. The van der Waals surface area contributed by atoms with Crippen molar-refractivity contribution in [1.82, 2.24) is 4.90 Å². The van der Waals surface area contributed by atoms with Gasteiger partial charge in [0.05, 0.1) is 11.5 Å². The molecule has 122 valence electrons. The molecule has 4 nitrogen and oxygen atoms in total. The topological polar surface area (TPSA) is 46.6 Å². The number of rotatable bonds is 4. The third-order valence-corrected chi connectivity index (χ3v) is 4.98. The van der Waals surface area contributed by atoms with Gasteiger partial charge in [0.2, 0.25) is 0 Å². The predicted octanol–water partition coefficient (Wildman–Crippen LogP) is 4.15. The summed E-state index contributed by atoms with van der Waals surface area (Å²) in [4.78, 5) is 26.0. The Morgan fingerprint density at radius 1 is 1.48 bits per heavy atom. The van der Waals surface area contributed by atoms with Gasteiger partial charge < -0.3 is 4.74 Å². The second kappa shape index (κ2) is 7.66. The molecule has 0 radical (unpaired) electrons. The first kappa shape index (κ1) is 18.3. The Bertz CT molecular complexity index is 706. The summed E-state index contributed by atoms with van der Waals surface area (Å²) >= 11 is 18.3. The number of halogens is 2. The number of amides is 1. The summed E-state index contributed by atoms with van der Waals surface area (Å²) in [7, 11) is 0. The lowest BCUT2D eigenvalue weighted by atomic mass is 10.2. The van der Waals surface area contributed by atoms with Crippen molar-refractivity contribution in [2.75, 3.05) is 6.61 Å². The van der Waals surface area contributed by atoms with E-state index in [9.17, 15) is 9.59 Å². The van der Waals surface area contributed by atoms with Crippen LogP contribution in [0.2, 0.25) is 10.0 Å². The second-order valence-electron chi connectivity index (χ2n) is 4.65. The van der Waals surface area contributed by atoms with Crippen molar-refractivity contribution in [3.8, 4) is 0 Å². The molecule has 1 unspecified atom stereocenters. The lowest BCUT2D eigenvalue weighted by Gasteiger charge is -2.21. The van der Waals surface area contributed by atoms with Crippen LogP contribution in [0.15, 0.2) is 23.1 Å². The third kappa shape index (κ3) is 4.07. The molecule has 1 amide bonds. The number of benzene rings is 1. The maximum atomic E-state index is 12.5. The largest absolute Gasteiger partial charge is 0.464 e. The number of carbonyl (C=O) groups is 2. The van der Waals surface area contributed by atoms with Crippen molar-refractivity contribution >= 4 is 69.5 Å². The molecule has 1 fully saturated rings. The smallest absolute Gasteiger partial charge is 0.329 e. The average molecular weight is 390 g/mol. The van der Waals surface area contributed by atoms with Crippen LogP contribution in [0.4, 0.5) is 0 Å². The fourth-order valence-electron chi connectivity index (χ4n) is 1.94. The highest BCUT2D eigenvalue weighted by molar-refractivity contribution is 8.26. The fraction of sp³-hybridized carbons (Fsp3) is 0.267.